The average Bonchev–Trinajstić information content (AvgIpc) is 3.21. The molecule has 1 aliphatic heterocycles. The average molecular weight is 451 g/mol. The SMILES string of the molecule is C[C@H]1COc2c(NCCCc3nc4ccccc4[nH]3)c(F)c(N)c3c(=O)c(C(=O)O)cn1c23. The second kappa shape index (κ2) is 7.80. The summed E-state index contributed by atoms with van der Waals surface area (Å²) in [5, 5.41) is 12.3. The summed E-state index contributed by atoms with van der Waals surface area (Å²) in [7, 11) is 0. The van der Waals surface area contributed by atoms with Crippen LogP contribution in [0.3, 0.4) is 0 Å². The fourth-order valence-corrected chi connectivity index (χ4v) is 4.25. The number of para-hydroxylation sites is 2. The Morgan fingerprint density at radius 2 is 2.21 bits per heavy atom. The Balaban J connectivity index is 1.47. The van der Waals surface area contributed by atoms with Crippen molar-refractivity contribution in [1.82, 2.24) is 14.5 Å². The van der Waals surface area contributed by atoms with Crippen LogP contribution in [0.4, 0.5) is 15.8 Å². The number of pyridine rings is 1. The summed E-state index contributed by atoms with van der Waals surface area (Å²) in [5.74, 6) is -1.23. The van der Waals surface area contributed by atoms with Crippen molar-refractivity contribution in [3.05, 3.63) is 57.9 Å². The monoisotopic (exact) mass is 451 g/mol. The van der Waals surface area contributed by atoms with E-state index in [1.54, 1.807) is 4.57 Å². The summed E-state index contributed by atoms with van der Waals surface area (Å²) in [6.07, 6.45) is 2.57. The minimum absolute atomic E-state index is 0.0627. The smallest absolute Gasteiger partial charge is 0.341 e. The molecule has 0 radical (unpaired) electrons. The Morgan fingerprint density at radius 3 is 2.97 bits per heavy atom. The van der Waals surface area contributed by atoms with Crippen LogP contribution >= 0.6 is 0 Å². The van der Waals surface area contributed by atoms with E-state index in [2.05, 4.69) is 15.3 Å². The number of nitrogen functional groups attached to an aromatic ring is 1. The van der Waals surface area contributed by atoms with E-state index >= 15 is 4.39 Å². The van der Waals surface area contributed by atoms with E-state index < -0.39 is 28.5 Å². The summed E-state index contributed by atoms with van der Waals surface area (Å²) in [5.41, 5.74) is 6.51. The quantitative estimate of drug-likeness (QED) is 0.261. The van der Waals surface area contributed by atoms with Crippen molar-refractivity contribution >= 4 is 39.3 Å². The van der Waals surface area contributed by atoms with Crippen LogP contribution in [0, 0.1) is 5.82 Å². The summed E-state index contributed by atoms with van der Waals surface area (Å²) < 4.78 is 22.7. The molecular weight excluding hydrogens is 429 g/mol. The van der Waals surface area contributed by atoms with Gasteiger partial charge in [0.2, 0.25) is 5.43 Å². The number of imidazole rings is 1. The second-order valence-corrected chi connectivity index (χ2v) is 8.13. The molecule has 5 rings (SSSR count). The molecule has 3 heterocycles. The molecule has 0 unspecified atom stereocenters. The molecule has 10 heteroatoms. The number of hydrogen-bond donors (Lipinski definition) is 4. The highest BCUT2D eigenvalue weighted by molar-refractivity contribution is 6.03. The number of H-pyrrole nitrogens is 1. The van der Waals surface area contributed by atoms with E-state index in [-0.39, 0.29) is 29.5 Å². The number of ether oxygens (including phenoxy) is 1. The van der Waals surface area contributed by atoms with Crippen LogP contribution in [0.1, 0.15) is 35.6 Å². The molecule has 0 saturated heterocycles. The van der Waals surface area contributed by atoms with Gasteiger partial charge in [0.15, 0.2) is 11.6 Å². The highest BCUT2D eigenvalue weighted by Gasteiger charge is 2.30. The Hall–Kier alpha value is -4.08. The van der Waals surface area contributed by atoms with E-state index in [0.29, 0.717) is 24.9 Å². The Labute approximate surface area is 187 Å². The number of rotatable bonds is 6. The Morgan fingerprint density at radius 1 is 1.42 bits per heavy atom. The molecule has 4 aromatic rings. The number of aromatic carboxylic acids is 1. The highest BCUT2D eigenvalue weighted by atomic mass is 19.1. The van der Waals surface area contributed by atoms with Crippen molar-refractivity contribution in [2.24, 2.45) is 0 Å². The van der Waals surface area contributed by atoms with Gasteiger partial charge < -0.3 is 30.4 Å². The van der Waals surface area contributed by atoms with Crippen LogP contribution in [-0.2, 0) is 6.42 Å². The van der Waals surface area contributed by atoms with Gasteiger partial charge >= 0.3 is 5.97 Å². The number of halogens is 1. The zero-order valence-corrected chi connectivity index (χ0v) is 17.8. The maximum absolute atomic E-state index is 15.3. The number of aryl methyl sites for hydroxylation is 1. The number of carboxylic acids is 1. The van der Waals surface area contributed by atoms with Gasteiger partial charge in [0.05, 0.1) is 33.7 Å². The molecule has 2 aromatic carbocycles. The molecule has 1 atom stereocenters. The van der Waals surface area contributed by atoms with Gasteiger partial charge in [-0.3, -0.25) is 4.79 Å². The van der Waals surface area contributed by atoms with Gasteiger partial charge in [-0.1, -0.05) is 12.1 Å². The predicted molar refractivity (Wildman–Crippen MR) is 123 cm³/mol. The lowest BCUT2D eigenvalue weighted by molar-refractivity contribution is 0.0694. The lowest BCUT2D eigenvalue weighted by Gasteiger charge is -2.29. The van der Waals surface area contributed by atoms with E-state index in [9.17, 15) is 14.7 Å². The zero-order valence-electron chi connectivity index (χ0n) is 17.8. The Bertz CT molecular complexity index is 1440. The molecule has 170 valence electrons. The van der Waals surface area contributed by atoms with E-state index in [4.69, 9.17) is 10.5 Å². The third-order valence-electron chi connectivity index (χ3n) is 5.91. The summed E-state index contributed by atoms with van der Waals surface area (Å²) >= 11 is 0. The molecule has 33 heavy (non-hydrogen) atoms. The molecular formula is C23H22FN5O4. The van der Waals surface area contributed by atoms with Crippen molar-refractivity contribution in [1.29, 1.82) is 0 Å². The van der Waals surface area contributed by atoms with Gasteiger partial charge in [-0.05, 0) is 25.5 Å². The molecule has 0 amide bonds. The number of nitrogens with two attached hydrogens (primary N) is 1. The fourth-order valence-electron chi connectivity index (χ4n) is 4.25. The van der Waals surface area contributed by atoms with E-state index in [1.807, 2.05) is 31.2 Å². The van der Waals surface area contributed by atoms with Crippen LogP contribution in [0.5, 0.6) is 5.75 Å². The van der Waals surface area contributed by atoms with Crippen molar-refractivity contribution < 1.29 is 19.0 Å². The maximum atomic E-state index is 15.3. The molecule has 0 fully saturated rings. The lowest BCUT2D eigenvalue weighted by Crippen LogP contribution is -2.28. The van der Waals surface area contributed by atoms with Gasteiger partial charge in [0.25, 0.3) is 0 Å². The normalized spacial score (nSPS) is 15.0. The van der Waals surface area contributed by atoms with Crippen LogP contribution in [-0.4, -0.2) is 38.8 Å². The van der Waals surface area contributed by atoms with Crippen LogP contribution in [0.15, 0.2) is 35.3 Å². The van der Waals surface area contributed by atoms with Crippen molar-refractivity contribution in [3.63, 3.8) is 0 Å². The maximum Gasteiger partial charge on any atom is 0.341 e. The van der Waals surface area contributed by atoms with Crippen molar-refractivity contribution in [2.75, 3.05) is 24.2 Å². The van der Waals surface area contributed by atoms with Gasteiger partial charge in [-0.2, -0.15) is 0 Å². The first-order valence-electron chi connectivity index (χ1n) is 10.6. The summed E-state index contributed by atoms with van der Waals surface area (Å²) in [6, 6.07) is 7.48. The first-order chi connectivity index (χ1) is 15.9. The number of anilines is 2. The number of fused-ring (bicyclic) bond motifs is 1. The lowest BCUT2D eigenvalue weighted by atomic mass is 10.0. The van der Waals surface area contributed by atoms with Crippen molar-refractivity contribution in [3.8, 4) is 5.75 Å². The molecule has 5 N–H and O–H groups in total. The van der Waals surface area contributed by atoms with E-state index in [0.717, 1.165) is 16.9 Å². The minimum Gasteiger partial charge on any atom is -0.487 e. The number of hydrogen-bond acceptors (Lipinski definition) is 6. The summed E-state index contributed by atoms with van der Waals surface area (Å²) in [6.45, 7) is 2.42. The third-order valence-corrected chi connectivity index (χ3v) is 5.91. The molecule has 2 aromatic heterocycles. The first-order valence-corrected chi connectivity index (χ1v) is 10.6. The third kappa shape index (κ3) is 3.34. The van der Waals surface area contributed by atoms with Gasteiger partial charge in [-0.15, -0.1) is 0 Å². The number of benzene rings is 2. The number of nitrogens with zero attached hydrogens (tertiary/aromatic N) is 2. The molecule has 1 aliphatic rings. The molecule has 9 nitrogen and oxygen atoms in total. The number of carbonyl (C=O) groups is 1. The molecule has 0 aliphatic carbocycles. The van der Waals surface area contributed by atoms with Crippen molar-refractivity contribution in [2.45, 2.75) is 25.8 Å². The molecule has 0 bridgehead atoms. The number of carboxylic acid groups (broad SMARTS) is 1. The highest BCUT2D eigenvalue weighted by Crippen LogP contribution is 2.43. The number of aromatic amines is 1. The van der Waals surface area contributed by atoms with Crippen LogP contribution in [0.2, 0.25) is 0 Å². The topological polar surface area (TPSA) is 135 Å². The standard InChI is InChI=1S/C23H22FN5O4/c1-11-10-33-22-19(26-8-4-7-15-27-13-5-2-3-6-14(13)28-15)17(24)18(25)16-20(22)29(11)9-12(21(16)30)23(31)32/h2-3,5-6,9,11,26H,4,7-8,10,25H2,1H3,(H,27,28)(H,31,32)/t11-/m0/s1. The summed E-state index contributed by atoms with van der Waals surface area (Å²) in [4.78, 5) is 32.1. The van der Waals surface area contributed by atoms with Gasteiger partial charge in [0.1, 0.15) is 23.7 Å². The van der Waals surface area contributed by atoms with Gasteiger partial charge in [0, 0.05) is 19.2 Å². The van der Waals surface area contributed by atoms with Crippen LogP contribution in [0.25, 0.3) is 21.9 Å². The second-order valence-electron chi connectivity index (χ2n) is 8.13. The fraction of sp³-hybridized carbons (Fsp3) is 0.261. The predicted octanol–water partition coefficient (Wildman–Crippen LogP) is 3.30. The van der Waals surface area contributed by atoms with Crippen LogP contribution < -0.4 is 21.2 Å². The zero-order chi connectivity index (χ0) is 23.3. The number of aromatic nitrogens is 3. The largest absolute Gasteiger partial charge is 0.487 e. The Kier molecular flexibility index (Phi) is 4.92. The van der Waals surface area contributed by atoms with Gasteiger partial charge in [-0.25, -0.2) is 14.2 Å². The van der Waals surface area contributed by atoms with E-state index in [1.165, 1.54) is 6.20 Å². The minimum atomic E-state index is -1.39. The molecule has 0 saturated carbocycles. The molecule has 0 spiro atoms. The number of nitrogens with one attached hydrogen (secondary N) is 2. The first kappa shape index (κ1) is 20.8.